The first kappa shape index (κ1) is 24.7. The molecule has 0 spiro atoms. The first-order valence-electron chi connectivity index (χ1n) is 12.8. The number of aromatic nitrogens is 3. The molecule has 4 heterocycles. The zero-order valence-corrected chi connectivity index (χ0v) is 21.8. The number of anilines is 3. The molecule has 6 rings (SSSR count). The Hall–Kier alpha value is -3.67. The quantitative estimate of drug-likeness (QED) is 0.331. The largest absolute Gasteiger partial charge is 0.378 e. The van der Waals surface area contributed by atoms with Crippen LogP contribution in [0.5, 0.6) is 0 Å². The average molecular weight is 534 g/mol. The number of morpholine rings is 1. The third-order valence-corrected chi connectivity index (χ3v) is 8.33. The summed E-state index contributed by atoms with van der Waals surface area (Å²) in [6, 6.07) is 17.2. The van der Waals surface area contributed by atoms with Crippen LogP contribution in [0.3, 0.4) is 0 Å². The second-order valence-corrected chi connectivity index (χ2v) is 11.6. The van der Waals surface area contributed by atoms with E-state index in [0.29, 0.717) is 18.9 Å². The van der Waals surface area contributed by atoms with Crippen LogP contribution >= 0.6 is 0 Å². The first-order chi connectivity index (χ1) is 18.4. The molecule has 4 aromatic rings. The molecule has 2 saturated heterocycles. The summed E-state index contributed by atoms with van der Waals surface area (Å²) in [5.74, 6) is 0.793. The standard InChI is InChI=1S/C27H31N7O3S/c28-21-9-10-34(16-21)23-7-1-19(2-8-23)17-38(35,36)32-22-5-3-20(4-6-22)25-15-24-26(31-25)29-18-30-27(24)33-11-13-37-14-12-33/h1-8,15,18,21,32H,9-14,16-17,28H2,(H,29,30,31)/t21-/m1/s1. The van der Waals surface area contributed by atoms with E-state index in [-0.39, 0.29) is 11.8 Å². The van der Waals surface area contributed by atoms with Gasteiger partial charge in [-0.15, -0.1) is 0 Å². The summed E-state index contributed by atoms with van der Waals surface area (Å²) in [5.41, 5.74) is 10.9. The Kier molecular flexibility index (Phi) is 6.64. The maximum absolute atomic E-state index is 12.8. The molecule has 198 valence electrons. The molecule has 0 radical (unpaired) electrons. The highest BCUT2D eigenvalue weighted by Gasteiger charge is 2.20. The van der Waals surface area contributed by atoms with E-state index in [1.807, 2.05) is 42.5 Å². The molecular weight excluding hydrogens is 502 g/mol. The summed E-state index contributed by atoms with van der Waals surface area (Å²) >= 11 is 0. The fourth-order valence-corrected chi connectivity index (χ4v) is 6.29. The van der Waals surface area contributed by atoms with Gasteiger partial charge in [0, 0.05) is 49.3 Å². The highest BCUT2D eigenvalue weighted by molar-refractivity contribution is 7.91. The highest BCUT2D eigenvalue weighted by Crippen LogP contribution is 2.30. The molecule has 0 unspecified atom stereocenters. The lowest BCUT2D eigenvalue weighted by atomic mass is 10.1. The maximum Gasteiger partial charge on any atom is 0.236 e. The van der Waals surface area contributed by atoms with Gasteiger partial charge in [0.25, 0.3) is 0 Å². The van der Waals surface area contributed by atoms with Crippen LogP contribution in [0.15, 0.2) is 60.9 Å². The van der Waals surface area contributed by atoms with Gasteiger partial charge >= 0.3 is 0 Å². The van der Waals surface area contributed by atoms with Gasteiger partial charge in [0.1, 0.15) is 17.8 Å². The lowest BCUT2D eigenvalue weighted by molar-refractivity contribution is 0.122. The molecule has 2 aromatic carbocycles. The summed E-state index contributed by atoms with van der Waals surface area (Å²) in [7, 11) is -3.57. The number of fused-ring (bicyclic) bond motifs is 1. The molecule has 2 aliphatic rings. The number of hydrogen-bond acceptors (Lipinski definition) is 8. The van der Waals surface area contributed by atoms with Gasteiger partial charge in [-0.3, -0.25) is 4.72 Å². The number of H-pyrrole nitrogens is 1. The normalized spacial score (nSPS) is 18.3. The molecule has 2 fully saturated rings. The number of nitrogens with one attached hydrogen (secondary N) is 2. The van der Waals surface area contributed by atoms with E-state index in [0.717, 1.165) is 72.0 Å². The van der Waals surface area contributed by atoms with Crippen molar-refractivity contribution in [3.63, 3.8) is 0 Å². The number of ether oxygens (including phenoxy) is 1. The van der Waals surface area contributed by atoms with Crippen LogP contribution in [0.4, 0.5) is 17.2 Å². The second kappa shape index (κ2) is 10.2. The van der Waals surface area contributed by atoms with Crippen LogP contribution < -0.4 is 20.3 Å². The van der Waals surface area contributed by atoms with Crippen molar-refractivity contribution in [1.82, 2.24) is 15.0 Å². The van der Waals surface area contributed by atoms with Crippen molar-refractivity contribution in [3.8, 4) is 11.3 Å². The Labute approximate surface area is 221 Å². The summed E-state index contributed by atoms with van der Waals surface area (Å²) in [6.45, 7) is 4.70. The monoisotopic (exact) mass is 533 g/mol. The van der Waals surface area contributed by atoms with Crippen molar-refractivity contribution < 1.29 is 13.2 Å². The molecule has 2 aliphatic heterocycles. The van der Waals surface area contributed by atoms with E-state index in [4.69, 9.17) is 10.5 Å². The van der Waals surface area contributed by atoms with Gasteiger partial charge in [-0.25, -0.2) is 18.4 Å². The first-order valence-corrected chi connectivity index (χ1v) is 14.5. The average Bonchev–Trinajstić information content (AvgIpc) is 3.56. The second-order valence-electron chi connectivity index (χ2n) is 9.84. The predicted octanol–water partition coefficient (Wildman–Crippen LogP) is 2.94. The SMILES string of the molecule is N[C@@H]1CCN(c2ccc(CS(=O)(=O)Nc3ccc(-c4cc5c(N6CCOCC6)ncnc5[nH]4)cc3)cc2)C1. The van der Waals surface area contributed by atoms with Crippen LogP contribution in [0.25, 0.3) is 22.3 Å². The third kappa shape index (κ3) is 5.31. The van der Waals surface area contributed by atoms with Crippen LogP contribution in [0.1, 0.15) is 12.0 Å². The van der Waals surface area contributed by atoms with Gasteiger partial charge in [-0.05, 0) is 47.9 Å². The predicted molar refractivity (Wildman–Crippen MR) is 150 cm³/mol. The van der Waals surface area contributed by atoms with Crippen molar-refractivity contribution >= 4 is 38.2 Å². The molecule has 2 aromatic heterocycles. The number of hydrogen-bond donors (Lipinski definition) is 3. The Morgan fingerprint density at radius 1 is 1.00 bits per heavy atom. The Morgan fingerprint density at radius 3 is 2.47 bits per heavy atom. The van der Waals surface area contributed by atoms with Crippen molar-refractivity contribution in [2.75, 3.05) is 53.9 Å². The highest BCUT2D eigenvalue weighted by atomic mass is 32.2. The number of aromatic amines is 1. The molecular formula is C27H31N7O3S. The molecule has 0 aliphatic carbocycles. The molecule has 38 heavy (non-hydrogen) atoms. The number of rotatable bonds is 7. The molecule has 0 bridgehead atoms. The van der Waals surface area contributed by atoms with E-state index in [1.54, 1.807) is 18.5 Å². The van der Waals surface area contributed by atoms with Gasteiger partial charge in [-0.1, -0.05) is 24.3 Å². The van der Waals surface area contributed by atoms with Crippen molar-refractivity contribution in [2.24, 2.45) is 5.73 Å². The van der Waals surface area contributed by atoms with Gasteiger partial charge in [0.2, 0.25) is 10.0 Å². The molecule has 4 N–H and O–H groups in total. The van der Waals surface area contributed by atoms with Crippen molar-refractivity contribution in [2.45, 2.75) is 18.2 Å². The number of sulfonamides is 1. The van der Waals surface area contributed by atoms with E-state index >= 15 is 0 Å². The van der Waals surface area contributed by atoms with Crippen LogP contribution in [-0.4, -0.2) is 68.8 Å². The van der Waals surface area contributed by atoms with Gasteiger partial charge in [-0.2, -0.15) is 0 Å². The zero-order valence-electron chi connectivity index (χ0n) is 21.0. The van der Waals surface area contributed by atoms with Crippen molar-refractivity contribution in [3.05, 3.63) is 66.5 Å². The summed E-state index contributed by atoms with van der Waals surface area (Å²) in [4.78, 5) is 16.7. The molecule has 10 nitrogen and oxygen atoms in total. The number of nitrogens with zero attached hydrogens (tertiary/aromatic N) is 4. The molecule has 0 saturated carbocycles. The van der Waals surface area contributed by atoms with E-state index in [2.05, 4.69) is 29.5 Å². The van der Waals surface area contributed by atoms with Gasteiger partial charge < -0.3 is 25.3 Å². The summed E-state index contributed by atoms with van der Waals surface area (Å²) in [6.07, 6.45) is 2.54. The minimum Gasteiger partial charge on any atom is -0.378 e. The van der Waals surface area contributed by atoms with Crippen LogP contribution in [-0.2, 0) is 20.5 Å². The number of benzene rings is 2. The molecule has 0 amide bonds. The Bertz CT molecular complexity index is 1510. The fourth-order valence-electron chi connectivity index (χ4n) is 5.09. The lowest BCUT2D eigenvalue weighted by Gasteiger charge is -2.27. The summed E-state index contributed by atoms with van der Waals surface area (Å²) in [5, 5.41) is 0.952. The van der Waals surface area contributed by atoms with Gasteiger partial charge in [0.05, 0.1) is 24.4 Å². The smallest absolute Gasteiger partial charge is 0.236 e. The van der Waals surface area contributed by atoms with Gasteiger partial charge in [0.15, 0.2) is 0 Å². The molecule has 11 heteroatoms. The maximum atomic E-state index is 12.8. The lowest BCUT2D eigenvalue weighted by Crippen LogP contribution is -2.36. The topological polar surface area (TPSA) is 129 Å². The fraction of sp³-hybridized carbons (Fsp3) is 0.333. The minimum atomic E-state index is -3.57. The Morgan fingerprint density at radius 2 is 1.76 bits per heavy atom. The Balaban J connectivity index is 1.13. The van der Waals surface area contributed by atoms with Crippen LogP contribution in [0, 0.1) is 0 Å². The number of nitrogens with two attached hydrogens (primary N) is 1. The van der Waals surface area contributed by atoms with E-state index in [1.165, 1.54) is 0 Å². The van der Waals surface area contributed by atoms with Crippen molar-refractivity contribution in [1.29, 1.82) is 0 Å². The third-order valence-electron chi connectivity index (χ3n) is 7.07. The van der Waals surface area contributed by atoms with Crippen LogP contribution in [0.2, 0.25) is 0 Å². The van der Waals surface area contributed by atoms with E-state index < -0.39 is 10.0 Å². The molecule has 1 atom stereocenters. The minimum absolute atomic E-state index is 0.0977. The van der Waals surface area contributed by atoms with E-state index in [9.17, 15) is 8.42 Å². The zero-order chi connectivity index (χ0) is 26.1. The summed E-state index contributed by atoms with van der Waals surface area (Å²) < 4.78 is 33.8.